The third-order valence-corrected chi connectivity index (χ3v) is 4.71. The largest absolute Gasteiger partial charge is 0.392 e. The van der Waals surface area contributed by atoms with Crippen LogP contribution < -0.4 is 5.32 Å². The zero-order valence-electron chi connectivity index (χ0n) is 14.1. The van der Waals surface area contributed by atoms with Gasteiger partial charge in [0, 0.05) is 39.0 Å². The molecule has 0 aromatic rings. The van der Waals surface area contributed by atoms with Gasteiger partial charge in [-0.3, -0.25) is 9.59 Å². The van der Waals surface area contributed by atoms with Crippen LogP contribution in [-0.4, -0.2) is 72.1 Å². The average Bonchev–Trinajstić information content (AvgIpc) is 2.53. The zero-order chi connectivity index (χ0) is 16.5. The second-order valence-electron chi connectivity index (χ2n) is 6.74. The smallest absolute Gasteiger partial charge is 0.222 e. The van der Waals surface area contributed by atoms with Crippen LogP contribution >= 0.6 is 0 Å². The maximum Gasteiger partial charge on any atom is 0.222 e. The molecular formula is C17H31N3O3. The number of β-amino-alcohol motifs (C(OH)–C–C–N with tert-alkyl or cyclic N) is 1. The Morgan fingerprint density at radius 2 is 2.04 bits per heavy atom. The number of carbonyl (C=O) groups is 2. The van der Waals surface area contributed by atoms with Gasteiger partial charge in [0.05, 0.1) is 6.10 Å². The van der Waals surface area contributed by atoms with Crippen LogP contribution in [0.1, 0.15) is 51.4 Å². The lowest BCUT2D eigenvalue weighted by Gasteiger charge is -2.29. The molecule has 2 aliphatic rings. The van der Waals surface area contributed by atoms with Crippen molar-refractivity contribution in [2.75, 3.05) is 39.3 Å². The van der Waals surface area contributed by atoms with E-state index < -0.39 is 0 Å². The minimum atomic E-state index is -0.184. The SMILES string of the molecule is O=C(CCCN1CCCCC1=O)NCCCN1CCC[C@@H](O)C1. The van der Waals surface area contributed by atoms with E-state index >= 15 is 0 Å². The number of aliphatic hydroxyl groups is 1. The minimum Gasteiger partial charge on any atom is -0.392 e. The van der Waals surface area contributed by atoms with Crippen molar-refractivity contribution in [1.82, 2.24) is 15.1 Å². The van der Waals surface area contributed by atoms with Crippen LogP contribution in [0.25, 0.3) is 0 Å². The first-order valence-electron chi connectivity index (χ1n) is 9.10. The first-order chi connectivity index (χ1) is 11.1. The molecule has 0 spiro atoms. The lowest BCUT2D eigenvalue weighted by molar-refractivity contribution is -0.133. The van der Waals surface area contributed by atoms with E-state index in [0.717, 1.165) is 64.7 Å². The van der Waals surface area contributed by atoms with Crippen LogP contribution in [0, 0.1) is 0 Å². The Balaban J connectivity index is 1.47. The Hall–Kier alpha value is -1.14. The number of amides is 2. The van der Waals surface area contributed by atoms with Gasteiger partial charge in [-0.25, -0.2) is 0 Å². The molecule has 2 N–H and O–H groups in total. The maximum atomic E-state index is 11.8. The van der Waals surface area contributed by atoms with E-state index in [1.165, 1.54) is 0 Å². The van der Waals surface area contributed by atoms with Crippen molar-refractivity contribution in [2.24, 2.45) is 0 Å². The number of nitrogens with one attached hydrogen (secondary N) is 1. The summed E-state index contributed by atoms with van der Waals surface area (Å²) in [5.41, 5.74) is 0. The van der Waals surface area contributed by atoms with Gasteiger partial charge >= 0.3 is 0 Å². The molecule has 23 heavy (non-hydrogen) atoms. The third-order valence-electron chi connectivity index (χ3n) is 4.71. The summed E-state index contributed by atoms with van der Waals surface area (Å²) < 4.78 is 0. The summed E-state index contributed by atoms with van der Waals surface area (Å²) in [5.74, 6) is 0.313. The highest BCUT2D eigenvalue weighted by molar-refractivity contribution is 5.77. The van der Waals surface area contributed by atoms with Gasteiger partial charge in [-0.1, -0.05) is 0 Å². The molecule has 2 fully saturated rings. The number of nitrogens with zero attached hydrogens (tertiary/aromatic N) is 2. The predicted molar refractivity (Wildman–Crippen MR) is 89.0 cm³/mol. The summed E-state index contributed by atoms with van der Waals surface area (Å²) >= 11 is 0. The molecule has 132 valence electrons. The number of piperidine rings is 2. The molecule has 2 heterocycles. The Kier molecular flexibility index (Phi) is 7.82. The fraction of sp³-hybridized carbons (Fsp3) is 0.882. The molecule has 2 amide bonds. The number of rotatable bonds is 8. The standard InChI is InChI=1S/C17H31N3O3/c21-15-6-3-10-19(14-15)11-5-9-18-16(22)7-4-13-20-12-2-1-8-17(20)23/h15,21H,1-14H2,(H,18,22)/t15-/m1/s1. The van der Waals surface area contributed by atoms with E-state index in [0.29, 0.717) is 25.9 Å². The predicted octanol–water partition coefficient (Wildman–Crippen LogP) is 0.742. The highest BCUT2D eigenvalue weighted by Crippen LogP contribution is 2.11. The van der Waals surface area contributed by atoms with Crippen LogP contribution in [0.4, 0.5) is 0 Å². The van der Waals surface area contributed by atoms with Crippen molar-refractivity contribution in [3.05, 3.63) is 0 Å². The third kappa shape index (κ3) is 6.87. The topological polar surface area (TPSA) is 72.9 Å². The lowest BCUT2D eigenvalue weighted by Crippen LogP contribution is -2.39. The number of hydrogen-bond donors (Lipinski definition) is 2. The molecular weight excluding hydrogens is 294 g/mol. The van der Waals surface area contributed by atoms with Crippen molar-refractivity contribution in [3.63, 3.8) is 0 Å². The van der Waals surface area contributed by atoms with Gasteiger partial charge in [-0.15, -0.1) is 0 Å². The molecule has 0 unspecified atom stereocenters. The van der Waals surface area contributed by atoms with Gasteiger partial charge in [0.25, 0.3) is 0 Å². The van der Waals surface area contributed by atoms with Crippen molar-refractivity contribution in [1.29, 1.82) is 0 Å². The summed E-state index contributed by atoms with van der Waals surface area (Å²) in [6.45, 7) is 4.99. The molecule has 0 aliphatic carbocycles. The number of hydrogen-bond acceptors (Lipinski definition) is 4. The van der Waals surface area contributed by atoms with E-state index in [-0.39, 0.29) is 17.9 Å². The summed E-state index contributed by atoms with van der Waals surface area (Å²) in [4.78, 5) is 27.6. The molecule has 0 radical (unpaired) electrons. The van der Waals surface area contributed by atoms with E-state index in [4.69, 9.17) is 0 Å². The van der Waals surface area contributed by atoms with E-state index in [1.54, 1.807) is 0 Å². The molecule has 6 nitrogen and oxygen atoms in total. The number of likely N-dealkylation sites (tertiary alicyclic amines) is 2. The Morgan fingerprint density at radius 3 is 2.83 bits per heavy atom. The lowest BCUT2D eigenvalue weighted by atomic mass is 10.1. The molecule has 6 heteroatoms. The van der Waals surface area contributed by atoms with Crippen molar-refractivity contribution >= 4 is 11.8 Å². The fourth-order valence-corrected chi connectivity index (χ4v) is 3.38. The van der Waals surface area contributed by atoms with Crippen LogP contribution in [-0.2, 0) is 9.59 Å². The number of aliphatic hydroxyl groups excluding tert-OH is 1. The Morgan fingerprint density at radius 1 is 1.17 bits per heavy atom. The molecule has 1 atom stereocenters. The van der Waals surface area contributed by atoms with Crippen LogP contribution in [0.15, 0.2) is 0 Å². The Bertz CT molecular complexity index is 389. The van der Waals surface area contributed by atoms with Crippen LogP contribution in [0.5, 0.6) is 0 Å². The molecule has 2 aliphatic heterocycles. The van der Waals surface area contributed by atoms with Gasteiger partial charge in [-0.05, 0) is 51.6 Å². The summed E-state index contributed by atoms with van der Waals surface area (Å²) in [6, 6.07) is 0. The van der Waals surface area contributed by atoms with E-state index in [9.17, 15) is 14.7 Å². The molecule has 0 aromatic carbocycles. The van der Waals surface area contributed by atoms with Crippen LogP contribution in [0.2, 0.25) is 0 Å². The molecule has 2 rings (SSSR count). The molecule has 0 bridgehead atoms. The van der Waals surface area contributed by atoms with Gasteiger partial charge in [0.1, 0.15) is 0 Å². The molecule has 0 aromatic heterocycles. The maximum absolute atomic E-state index is 11.8. The Labute approximate surface area is 139 Å². The second kappa shape index (κ2) is 9.88. The molecule has 0 saturated carbocycles. The number of carbonyl (C=O) groups excluding carboxylic acids is 2. The summed E-state index contributed by atoms with van der Waals surface area (Å²) in [7, 11) is 0. The van der Waals surface area contributed by atoms with Crippen molar-refractivity contribution in [2.45, 2.75) is 57.5 Å². The minimum absolute atomic E-state index is 0.0770. The van der Waals surface area contributed by atoms with Gasteiger partial charge in [0.15, 0.2) is 0 Å². The van der Waals surface area contributed by atoms with E-state index in [2.05, 4.69) is 10.2 Å². The summed E-state index contributed by atoms with van der Waals surface area (Å²) in [6.07, 6.45) is 6.70. The second-order valence-corrected chi connectivity index (χ2v) is 6.74. The van der Waals surface area contributed by atoms with Crippen LogP contribution in [0.3, 0.4) is 0 Å². The zero-order valence-corrected chi connectivity index (χ0v) is 14.1. The first-order valence-corrected chi connectivity index (χ1v) is 9.10. The van der Waals surface area contributed by atoms with E-state index in [1.807, 2.05) is 4.90 Å². The fourth-order valence-electron chi connectivity index (χ4n) is 3.38. The highest BCUT2D eigenvalue weighted by Gasteiger charge is 2.18. The highest BCUT2D eigenvalue weighted by atomic mass is 16.3. The average molecular weight is 325 g/mol. The van der Waals surface area contributed by atoms with Gasteiger partial charge in [-0.2, -0.15) is 0 Å². The molecule has 2 saturated heterocycles. The quantitative estimate of drug-likeness (QED) is 0.646. The van der Waals surface area contributed by atoms with Gasteiger partial charge in [0.2, 0.25) is 11.8 Å². The normalized spacial score (nSPS) is 23.1. The summed E-state index contributed by atoms with van der Waals surface area (Å²) in [5, 5.41) is 12.6. The monoisotopic (exact) mass is 325 g/mol. The van der Waals surface area contributed by atoms with Gasteiger partial charge < -0.3 is 20.2 Å². The van der Waals surface area contributed by atoms with Crippen molar-refractivity contribution < 1.29 is 14.7 Å². The van der Waals surface area contributed by atoms with Crippen molar-refractivity contribution in [3.8, 4) is 0 Å². The first kappa shape index (κ1) is 18.2.